The fraction of sp³-hybridized carbons (Fsp3) is 0.263. The van der Waals surface area contributed by atoms with E-state index in [9.17, 15) is 18.8 Å². The van der Waals surface area contributed by atoms with Crippen LogP contribution in [0.5, 0.6) is 0 Å². The number of nitrogens with one attached hydrogen (secondary N) is 1. The fourth-order valence-electron chi connectivity index (χ4n) is 3.39. The second kappa shape index (κ2) is 6.37. The Labute approximate surface area is 144 Å². The minimum atomic E-state index is -1.21. The Kier molecular flexibility index (Phi) is 4.39. The van der Waals surface area contributed by atoms with Crippen LogP contribution in [0.2, 0.25) is 0 Å². The second-order valence-electron chi connectivity index (χ2n) is 6.29. The van der Waals surface area contributed by atoms with Gasteiger partial charge in [0.25, 0.3) is 5.91 Å². The molecule has 3 rings (SSSR count). The molecule has 0 radical (unpaired) electrons. The van der Waals surface area contributed by atoms with Crippen LogP contribution in [0.25, 0.3) is 5.57 Å². The zero-order valence-electron chi connectivity index (χ0n) is 13.9. The van der Waals surface area contributed by atoms with Crippen molar-refractivity contribution in [3.63, 3.8) is 0 Å². The Morgan fingerprint density at radius 3 is 2.72 bits per heavy atom. The summed E-state index contributed by atoms with van der Waals surface area (Å²) in [5, 5.41) is 9.22. The van der Waals surface area contributed by atoms with Crippen molar-refractivity contribution in [1.29, 1.82) is 0 Å². The van der Waals surface area contributed by atoms with Gasteiger partial charge in [0.2, 0.25) is 0 Å². The number of hydrogen-bond acceptors (Lipinski definition) is 3. The van der Waals surface area contributed by atoms with Crippen LogP contribution in [0, 0.1) is 25.5 Å². The lowest BCUT2D eigenvalue weighted by atomic mass is 9.77. The quantitative estimate of drug-likeness (QED) is 0.661. The van der Waals surface area contributed by atoms with Crippen molar-refractivity contribution in [2.24, 2.45) is 0 Å². The highest BCUT2D eigenvalue weighted by molar-refractivity contribution is 5.94. The van der Waals surface area contributed by atoms with Crippen LogP contribution in [0.1, 0.15) is 35.2 Å². The van der Waals surface area contributed by atoms with Crippen molar-refractivity contribution >= 4 is 11.5 Å². The molecule has 1 aromatic carbocycles. The maximum atomic E-state index is 14.0. The summed E-state index contributed by atoms with van der Waals surface area (Å²) in [5.74, 6) is -1.49. The van der Waals surface area contributed by atoms with Crippen molar-refractivity contribution in [1.82, 2.24) is 10.5 Å². The van der Waals surface area contributed by atoms with Gasteiger partial charge in [-0.3, -0.25) is 15.0 Å². The van der Waals surface area contributed by atoms with Crippen molar-refractivity contribution in [3.8, 4) is 0 Å². The molecule has 0 bridgehead atoms. The molecule has 6 heteroatoms. The van der Waals surface area contributed by atoms with Crippen molar-refractivity contribution in [3.05, 3.63) is 70.6 Å². The smallest absolute Gasteiger partial charge is 0.257 e. The Bertz CT molecular complexity index is 880. The Balaban J connectivity index is 2.15. The summed E-state index contributed by atoms with van der Waals surface area (Å²) in [6.45, 7) is 3.16. The van der Waals surface area contributed by atoms with Crippen LogP contribution < -0.4 is 5.48 Å². The first kappa shape index (κ1) is 17.2. The second-order valence-corrected chi connectivity index (χ2v) is 6.29. The first-order chi connectivity index (χ1) is 11.9. The number of hydroxylamine groups is 1. The van der Waals surface area contributed by atoms with E-state index in [2.05, 4.69) is 4.98 Å². The van der Waals surface area contributed by atoms with Gasteiger partial charge in [-0.15, -0.1) is 0 Å². The van der Waals surface area contributed by atoms with E-state index in [1.165, 1.54) is 18.2 Å². The third-order valence-electron chi connectivity index (χ3n) is 4.86. The minimum Gasteiger partial charge on any atom is -0.289 e. The molecule has 1 aliphatic rings. The lowest BCUT2D eigenvalue weighted by Gasteiger charge is -2.27. The average molecular weight is 344 g/mol. The molecule has 1 heterocycles. The number of aryl methyl sites for hydroxylation is 1. The molecule has 2 N–H and O–H groups in total. The summed E-state index contributed by atoms with van der Waals surface area (Å²) < 4.78 is 27.8. The van der Waals surface area contributed by atoms with Gasteiger partial charge in [-0.1, -0.05) is 18.2 Å². The third-order valence-corrected chi connectivity index (χ3v) is 4.86. The number of benzene rings is 1. The zero-order valence-corrected chi connectivity index (χ0v) is 13.9. The summed E-state index contributed by atoms with van der Waals surface area (Å²) in [6, 6.07) is 5.89. The summed E-state index contributed by atoms with van der Waals surface area (Å²) in [5.41, 5.74) is 2.91. The van der Waals surface area contributed by atoms with Crippen LogP contribution in [0.3, 0.4) is 0 Å². The van der Waals surface area contributed by atoms with E-state index in [0.717, 1.165) is 5.57 Å². The number of carbonyl (C=O) groups excluding carboxylic acids is 1. The number of allylic oxidation sites excluding steroid dienone is 1. The van der Waals surface area contributed by atoms with Gasteiger partial charge in [0, 0.05) is 6.20 Å². The Morgan fingerprint density at radius 2 is 2.04 bits per heavy atom. The molecule has 0 unspecified atom stereocenters. The monoisotopic (exact) mass is 344 g/mol. The summed E-state index contributed by atoms with van der Waals surface area (Å²) in [4.78, 5) is 16.5. The van der Waals surface area contributed by atoms with E-state index in [-0.39, 0.29) is 0 Å². The predicted molar refractivity (Wildman–Crippen MR) is 88.9 cm³/mol. The molecule has 0 saturated carbocycles. The van der Waals surface area contributed by atoms with Crippen LogP contribution in [0.4, 0.5) is 8.78 Å². The van der Waals surface area contributed by atoms with Gasteiger partial charge >= 0.3 is 0 Å². The number of aromatic nitrogens is 1. The number of pyridine rings is 1. The summed E-state index contributed by atoms with van der Waals surface area (Å²) >= 11 is 0. The Morgan fingerprint density at radius 1 is 1.28 bits per heavy atom. The van der Waals surface area contributed by atoms with Crippen LogP contribution in [-0.4, -0.2) is 16.1 Å². The van der Waals surface area contributed by atoms with Gasteiger partial charge < -0.3 is 0 Å². The number of halogens is 2. The molecule has 130 valence electrons. The standard InChI is InChI=1S/C19H18F2N2O2/c1-11-15(4-3-5-16(11)20)19(18(24)23-25)7-6-13(9-19)14-8-17(21)12(2)22-10-14/h3-5,8-10,25H,6-7H2,1-2H3,(H,23,24)/t19-/m0/s1. The number of amides is 1. The van der Waals surface area contributed by atoms with E-state index < -0.39 is 23.0 Å². The van der Waals surface area contributed by atoms with E-state index in [0.29, 0.717) is 35.2 Å². The molecule has 0 fully saturated rings. The number of carbonyl (C=O) groups is 1. The van der Waals surface area contributed by atoms with Crippen LogP contribution >= 0.6 is 0 Å². The highest BCUT2D eigenvalue weighted by Crippen LogP contribution is 2.44. The molecular weight excluding hydrogens is 326 g/mol. The average Bonchev–Trinajstić information content (AvgIpc) is 3.05. The number of rotatable bonds is 3. The number of hydrogen-bond donors (Lipinski definition) is 2. The van der Waals surface area contributed by atoms with E-state index >= 15 is 0 Å². The molecule has 1 atom stereocenters. The van der Waals surface area contributed by atoms with E-state index in [1.54, 1.807) is 37.7 Å². The highest BCUT2D eigenvalue weighted by Gasteiger charge is 2.43. The van der Waals surface area contributed by atoms with Gasteiger partial charge in [0.05, 0.1) is 11.1 Å². The molecule has 1 amide bonds. The van der Waals surface area contributed by atoms with Crippen molar-refractivity contribution in [2.75, 3.05) is 0 Å². The van der Waals surface area contributed by atoms with Gasteiger partial charge in [-0.2, -0.15) is 0 Å². The molecule has 25 heavy (non-hydrogen) atoms. The molecule has 1 aliphatic carbocycles. The van der Waals surface area contributed by atoms with Crippen molar-refractivity contribution < 1.29 is 18.8 Å². The molecule has 0 spiro atoms. The van der Waals surface area contributed by atoms with Crippen molar-refractivity contribution in [2.45, 2.75) is 32.1 Å². The lowest BCUT2D eigenvalue weighted by molar-refractivity contribution is -0.133. The largest absolute Gasteiger partial charge is 0.289 e. The van der Waals surface area contributed by atoms with Gasteiger partial charge in [-0.25, -0.2) is 14.3 Å². The molecule has 0 aliphatic heterocycles. The van der Waals surface area contributed by atoms with Crippen LogP contribution in [0.15, 0.2) is 36.5 Å². The summed E-state index contributed by atoms with van der Waals surface area (Å²) in [6.07, 6.45) is 4.05. The molecule has 0 saturated heterocycles. The van der Waals surface area contributed by atoms with E-state index in [1.807, 2.05) is 0 Å². The minimum absolute atomic E-state index is 0.294. The molecular formula is C19H18F2N2O2. The first-order valence-electron chi connectivity index (χ1n) is 7.93. The van der Waals surface area contributed by atoms with Crippen LogP contribution in [-0.2, 0) is 10.2 Å². The highest BCUT2D eigenvalue weighted by atomic mass is 19.1. The van der Waals surface area contributed by atoms with E-state index in [4.69, 9.17) is 0 Å². The third kappa shape index (κ3) is 2.82. The normalized spacial score (nSPS) is 19.6. The first-order valence-corrected chi connectivity index (χ1v) is 7.93. The maximum absolute atomic E-state index is 14.0. The predicted octanol–water partition coefficient (Wildman–Crippen LogP) is 3.60. The molecule has 1 aromatic heterocycles. The Hall–Kier alpha value is -2.60. The van der Waals surface area contributed by atoms with Gasteiger partial charge in [0.1, 0.15) is 11.6 Å². The summed E-state index contributed by atoms with van der Waals surface area (Å²) in [7, 11) is 0. The lowest BCUT2D eigenvalue weighted by Crippen LogP contribution is -2.41. The topological polar surface area (TPSA) is 62.2 Å². The maximum Gasteiger partial charge on any atom is 0.257 e. The van der Waals surface area contributed by atoms with Gasteiger partial charge in [0.15, 0.2) is 0 Å². The molecule has 4 nitrogen and oxygen atoms in total. The fourth-order valence-corrected chi connectivity index (χ4v) is 3.39. The SMILES string of the molecule is Cc1ncc(C2=C[C@](C(=O)NO)(c3cccc(F)c3C)CC2)cc1F. The number of nitrogens with zero attached hydrogens (tertiary/aromatic N) is 1. The zero-order chi connectivity index (χ0) is 18.2. The molecule has 2 aromatic rings. The van der Waals surface area contributed by atoms with Gasteiger partial charge in [-0.05, 0) is 61.1 Å².